The van der Waals surface area contributed by atoms with E-state index in [2.05, 4.69) is 11.8 Å². The van der Waals surface area contributed by atoms with E-state index >= 15 is 4.39 Å². The summed E-state index contributed by atoms with van der Waals surface area (Å²) in [6.45, 7) is 4.11. The van der Waals surface area contributed by atoms with E-state index < -0.39 is 29.9 Å². The van der Waals surface area contributed by atoms with Gasteiger partial charge in [0, 0.05) is 42.8 Å². The Bertz CT molecular complexity index is 1100. The minimum atomic E-state index is -4.60. The average molecular weight is 449 g/mol. The van der Waals surface area contributed by atoms with Crippen molar-refractivity contribution >= 4 is 23.1 Å². The van der Waals surface area contributed by atoms with Gasteiger partial charge in [0.2, 0.25) is 5.91 Å². The monoisotopic (exact) mass is 449 g/mol. The molecule has 2 unspecified atom stereocenters. The van der Waals surface area contributed by atoms with Crippen molar-refractivity contribution in [2.24, 2.45) is 11.7 Å². The molecule has 2 amide bonds. The predicted molar refractivity (Wildman–Crippen MR) is 111 cm³/mol. The summed E-state index contributed by atoms with van der Waals surface area (Å²) in [6, 6.07) is 0.743. The highest BCUT2D eigenvalue weighted by atomic mass is 19.4. The first-order chi connectivity index (χ1) is 15.0. The Morgan fingerprint density at radius 2 is 1.97 bits per heavy atom. The number of piperidine rings is 1. The number of hydrogen-bond acceptors (Lipinski definition) is 3. The van der Waals surface area contributed by atoms with Gasteiger partial charge in [-0.25, -0.2) is 4.39 Å². The molecule has 1 aromatic rings. The quantitative estimate of drug-likeness (QED) is 0.557. The number of amides is 2. The van der Waals surface area contributed by atoms with Crippen molar-refractivity contribution < 1.29 is 27.2 Å². The molecule has 9 heteroatoms. The molecule has 5 nitrogen and oxygen atoms in total. The van der Waals surface area contributed by atoms with Crippen molar-refractivity contribution in [3.63, 3.8) is 0 Å². The molecular weight excluding hydrogens is 426 g/mol. The second-order valence-corrected chi connectivity index (χ2v) is 8.50. The third kappa shape index (κ3) is 3.51. The number of nitrogens with zero attached hydrogens (tertiary/aromatic N) is 2. The van der Waals surface area contributed by atoms with Crippen LogP contribution in [0.2, 0.25) is 0 Å². The highest BCUT2D eigenvalue weighted by Gasteiger charge is 2.45. The normalized spacial score (nSPS) is 22.4. The van der Waals surface area contributed by atoms with Gasteiger partial charge >= 0.3 is 6.18 Å². The lowest BCUT2D eigenvalue weighted by molar-refractivity contribution is -0.129. The lowest BCUT2D eigenvalue weighted by Gasteiger charge is -2.35. The minimum absolute atomic E-state index is 0.0464. The van der Waals surface area contributed by atoms with Gasteiger partial charge < -0.3 is 15.5 Å². The van der Waals surface area contributed by atoms with Gasteiger partial charge in [0.05, 0.1) is 11.7 Å². The molecule has 0 aromatic heterocycles. The standard InChI is InChI=1S/C23H23F4N3O2/c1-3-5-19(31)30-7-4-6-13-10-29(11-18(13)30)21-17(24)9-15(22(28)32)14-8-16(23(25,26)27)12(2)20(14)21/h9,13,18H,4,6-8,10-11H2,1-2H3,(H2,28,32). The molecule has 0 saturated carbocycles. The number of carbonyl (C=O) groups is 2. The van der Waals surface area contributed by atoms with Gasteiger partial charge in [-0.1, -0.05) is 5.92 Å². The van der Waals surface area contributed by atoms with E-state index in [0.29, 0.717) is 13.1 Å². The Kier molecular flexibility index (Phi) is 5.43. The molecule has 0 bridgehead atoms. The zero-order valence-electron chi connectivity index (χ0n) is 17.8. The largest absolute Gasteiger partial charge is 0.413 e. The highest BCUT2D eigenvalue weighted by Crippen LogP contribution is 2.48. The van der Waals surface area contributed by atoms with Crippen LogP contribution in [0.1, 0.15) is 48.2 Å². The maximum absolute atomic E-state index is 15.3. The molecule has 2 N–H and O–H groups in total. The van der Waals surface area contributed by atoms with Gasteiger partial charge in [0.15, 0.2) is 0 Å². The summed E-state index contributed by atoms with van der Waals surface area (Å²) < 4.78 is 56.2. The van der Waals surface area contributed by atoms with Gasteiger partial charge in [-0.3, -0.25) is 9.59 Å². The number of hydrogen-bond donors (Lipinski definition) is 1. The van der Waals surface area contributed by atoms with Crippen molar-refractivity contribution in [3.05, 3.63) is 34.1 Å². The Balaban J connectivity index is 1.80. The minimum Gasteiger partial charge on any atom is -0.366 e. The molecule has 2 atom stereocenters. The number of likely N-dealkylation sites (tertiary alicyclic amines) is 1. The van der Waals surface area contributed by atoms with E-state index in [1.54, 1.807) is 16.7 Å². The summed E-state index contributed by atoms with van der Waals surface area (Å²) in [4.78, 5) is 27.7. The van der Waals surface area contributed by atoms with Crippen molar-refractivity contribution in [1.29, 1.82) is 0 Å². The molecule has 170 valence electrons. The molecule has 2 aliphatic heterocycles. The Hall–Kier alpha value is -3.02. The van der Waals surface area contributed by atoms with Crippen LogP contribution in [0.4, 0.5) is 23.2 Å². The molecule has 2 heterocycles. The predicted octanol–water partition coefficient (Wildman–Crippen LogP) is 3.27. The summed E-state index contributed by atoms with van der Waals surface area (Å²) in [5.74, 6) is 3.16. The molecule has 4 rings (SSSR count). The van der Waals surface area contributed by atoms with Crippen molar-refractivity contribution in [3.8, 4) is 11.8 Å². The lowest BCUT2D eigenvalue weighted by atomic mass is 9.92. The van der Waals surface area contributed by atoms with Crippen LogP contribution in [0.15, 0.2) is 11.6 Å². The van der Waals surface area contributed by atoms with Crippen LogP contribution < -0.4 is 10.6 Å². The van der Waals surface area contributed by atoms with Gasteiger partial charge in [0.1, 0.15) is 5.82 Å². The summed E-state index contributed by atoms with van der Waals surface area (Å²) in [5, 5.41) is 0. The van der Waals surface area contributed by atoms with Crippen LogP contribution in [0.25, 0.3) is 5.57 Å². The first-order valence-corrected chi connectivity index (χ1v) is 10.4. The van der Waals surface area contributed by atoms with Crippen LogP contribution in [-0.4, -0.2) is 48.6 Å². The molecule has 0 radical (unpaired) electrons. The molecular formula is C23H23F4N3O2. The van der Waals surface area contributed by atoms with Crippen LogP contribution >= 0.6 is 0 Å². The van der Waals surface area contributed by atoms with E-state index in [1.807, 2.05) is 0 Å². The van der Waals surface area contributed by atoms with Crippen molar-refractivity contribution in [2.45, 2.75) is 45.3 Å². The number of nitrogens with two attached hydrogens (primary N) is 1. The second kappa shape index (κ2) is 7.84. The molecule has 0 spiro atoms. The third-order valence-corrected chi connectivity index (χ3v) is 6.74. The summed E-state index contributed by atoms with van der Waals surface area (Å²) in [7, 11) is 0. The Morgan fingerprint density at radius 3 is 2.59 bits per heavy atom. The van der Waals surface area contributed by atoms with Crippen molar-refractivity contribution in [2.75, 3.05) is 24.5 Å². The molecule has 1 aliphatic carbocycles. The van der Waals surface area contributed by atoms with E-state index in [-0.39, 0.29) is 52.4 Å². The second-order valence-electron chi connectivity index (χ2n) is 8.50. The van der Waals surface area contributed by atoms with Crippen LogP contribution in [0.5, 0.6) is 0 Å². The first-order valence-electron chi connectivity index (χ1n) is 10.4. The Morgan fingerprint density at radius 1 is 1.25 bits per heavy atom. The highest BCUT2D eigenvalue weighted by molar-refractivity contribution is 5.99. The van der Waals surface area contributed by atoms with E-state index in [4.69, 9.17) is 5.73 Å². The zero-order chi connectivity index (χ0) is 23.4. The topological polar surface area (TPSA) is 66.6 Å². The summed E-state index contributed by atoms with van der Waals surface area (Å²) >= 11 is 0. The number of rotatable bonds is 2. The molecule has 32 heavy (non-hydrogen) atoms. The third-order valence-electron chi connectivity index (χ3n) is 6.74. The molecule has 2 fully saturated rings. The SMILES string of the molecule is CC#CC(=O)N1CCCC2CN(c3c(F)cc(C(N)=O)c4c3C(C)=C(C(F)(F)F)C4)CC21. The number of alkyl halides is 3. The van der Waals surface area contributed by atoms with Gasteiger partial charge in [-0.05, 0) is 55.7 Å². The van der Waals surface area contributed by atoms with Crippen LogP contribution in [0.3, 0.4) is 0 Å². The fraction of sp³-hybridized carbons (Fsp3) is 0.478. The number of anilines is 1. The zero-order valence-corrected chi connectivity index (χ0v) is 17.8. The first kappa shape index (κ1) is 22.2. The molecule has 2 saturated heterocycles. The van der Waals surface area contributed by atoms with Gasteiger partial charge in [-0.2, -0.15) is 13.2 Å². The summed E-state index contributed by atoms with van der Waals surface area (Å²) in [5.41, 5.74) is 4.49. The smallest absolute Gasteiger partial charge is 0.366 e. The maximum Gasteiger partial charge on any atom is 0.413 e. The number of benzene rings is 1. The number of carbonyl (C=O) groups excluding carboxylic acids is 2. The number of allylic oxidation sites excluding steroid dienone is 2. The lowest BCUT2D eigenvalue weighted by Crippen LogP contribution is -2.48. The average Bonchev–Trinajstić information content (AvgIpc) is 3.28. The number of primary amides is 1. The fourth-order valence-electron chi connectivity index (χ4n) is 5.36. The molecule has 1 aromatic carbocycles. The van der Waals surface area contributed by atoms with Gasteiger partial charge in [-0.15, -0.1) is 0 Å². The van der Waals surface area contributed by atoms with E-state index in [9.17, 15) is 22.8 Å². The molecule has 3 aliphatic rings. The fourth-order valence-corrected chi connectivity index (χ4v) is 5.36. The van der Waals surface area contributed by atoms with Crippen LogP contribution in [0, 0.1) is 23.6 Å². The Labute approximate surface area is 183 Å². The van der Waals surface area contributed by atoms with E-state index in [0.717, 1.165) is 18.9 Å². The number of fused-ring (bicyclic) bond motifs is 2. The number of halogens is 4. The van der Waals surface area contributed by atoms with Crippen molar-refractivity contribution in [1.82, 2.24) is 4.90 Å². The summed E-state index contributed by atoms with van der Waals surface area (Å²) in [6.07, 6.45) is -3.51. The van der Waals surface area contributed by atoms with E-state index in [1.165, 1.54) is 6.92 Å². The maximum atomic E-state index is 15.3. The van der Waals surface area contributed by atoms with Crippen LogP contribution in [-0.2, 0) is 11.2 Å². The van der Waals surface area contributed by atoms with Gasteiger partial charge in [0.25, 0.3) is 5.91 Å².